The zero-order valence-electron chi connectivity index (χ0n) is 7.73. The molecule has 0 fully saturated rings. The lowest BCUT2D eigenvalue weighted by Gasteiger charge is -2.24. The van der Waals surface area contributed by atoms with Crippen molar-refractivity contribution in [2.24, 2.45) is 0 Å². The van der Waals surface area contributed by atoms with Gasteiger partial charge < -0.3 is 9.80 Å². The zero-order valence-corrected chi connectivity index (χ0v) is 8.55. The minimum atomic E-state index is 0. The molecule has 0 saturated carbocycles. The standard InChI is InChI=1S/C9H16N2.ClH/c1-4-9(3)11-7-6-10(5-2)8-11;/h5-7,9H,2,4,8H2,1,3H3;1H. The van der Waals surface area contributed by atoms with Crippen molar-refractivity contribution in [1.82, 2.24) is 9.80 Å². The molecule has 0 bridgehead atoms. The van der Waals surface area contributed by atoms with Crippen LogP contribution in [0.25, 0.3) is 0 Å². The highest BCUT2D eigenvalue weighted by Gasteiger charge is 2.13. The van der Waals surface area contributed by atoms with Gasteiger partial charge in [-0.05, 0) is 19.5 Å². The van der Waals surface area contributed by atoms with Gasteiger partial charge in [-0.1, -0.05) is 13.5 Å². The Morgan fingerprint density at radius 1 is 1.58 bits per heavy atom. The molecular weight excluding hydrogens is 172 g/mol. The summed E-state index contributed by atoms with van der Waals surface area (Å²) in [6, 6.07) is 0.635. The normalized spacial score (nSPS) is 17.5. The molecule has 0 N–H and O–H groups in total. The Bertz CT molecular complexity index is 168. The fourth-order valence-corrected chi connectivity index (χ4v) is 1.09. The predicted octanol–water partition coefficient (Wildman–Crippen LogP) is 2.40. The van der Waals surface area contributed by atoms with Gasteiger partial charge in [0.15, 0.2) is 0 Å². The van der Waals surface area contributed by atoms with Crippen LogP contribution in [0.4, 0.5) is 0 Å². The van der Waals surface area contributed by atoms with Crippen LogP contribution in [0.1, 0.15) is 20.3 Å². The molecule has 0 amide bonds. The average Bonchev–Trinajstić information content (AvgIpc) is 2.50. The predicted molar refractivity (Wildman–Crippen MR) is 54.9 cm³/mol. The monoisotopic (exact) mass is 188 g/mol. The smallest absolute Gasteiger partial charge is 0.0938 e. The van der Waals surface area contributed by atoms with Crippen molar-refractivity contribution < 1.29 is 0 Å². The molecule has 1 rings (SSSR count). The lowest BCUT2D eigenvalue weighted by Crippen LogP contribution is -2.29. The summed E-state index contributed by atoms with van der Waals surface area (Å²) in [5, 5.41) is 0. The van der Waals surface area contributed by atoms with Crippen LogP contribution in [0.5, 0.6) is 0 Å². The summed E-state index contributed by atoms with van der Waals surface area (Å²) in [7, 11) is 0. The maximum absolute atomic E-state index is 3.71. The Hall–Kier alpha value is -0.630. The first-order chi connectivity index (χ1) is 5.27. The maximum Gasteiger partial charge on any atom is 0.0938 e. The topological polar surface area (TPSA) is 6.48 Å². The molecule has 0 aromatic rings. The first-order valence-corrected chi connectivity index (χ1v) is 4.10. The van der Waals surface area contributed by atoms with E-state index < -0.39 is 0 Å². The van der Waals surface area contributed by atoms with E-state index in [9.17, 15) is 0 Å². The third kappa shape index (κ3) is 2.45. The summed E-state index contributed by atoms with van der Waals surface area (Å²) in [6.45, 7) is 9.10. The van der Waals surface area contributed by atoms with Crippen molar-refractivity contribution in [1.29, 1.82) is 0 Å². The van der Waals surface area contributed by atoms with Gasteiger partial charge in [-0.3, -0.25) is 0 Å². The van der Waals surface area contributed by atoms with E-state index in [0.29, 0.717) is 6.04 Å². The van der Waals surface area contributed by atoms with Crippen LogP contribution < -0.4 is 0 Å². The molecule has 3 heteroatoms. The van der Waals surface area contributed by atoms with Crippen molar-refractivity contribution in [3.8, 4) is 0 Å². The van der Waals surface area contributed by atoms with E-state index in [4.69, 9.17) is 0 Å². The molecule has 0 radical (unpaired) electrons. The van der Waals surface area contributed by atoms with Gasteiger partial charge >= 0.3 is 0 Å². The third-order valence-electron chi connectivity index (χ3n) is 2.17. The number of nitrogens with zero attached hydrogens (tertiary/aromatic N) is 2. The Morgan fingerprint density at radius 3 is 2.67 bits per heavy atom. The second kappa shape index (κ2) is 5.09. The molecular formula is C9H17ClN2. The minimum Gasteiger partial charge on any atom is -0.356 e. The van der Waals surface area contributed by atoms with E-state index in [0.717, 1.165) is 6.67 Å². The fourth-order valence-electron chi connectivity index (χ4n) is 1.09. The first kappa shape index (κ1) is 11.4. The lowest BCUT2D eigenvalue weighted by atomic mass is 10.2. The van der Waals surface area contributed by atoms with E-state index in [1.165, 1.54) is 6.42 Å². The van der Waals surface area contributed by atoms with Crippen molar-refractivity contribution >= 4 is 12.4 Å². The third-order valence-corrected chi connectivity index (χ3v) is 2.17. The van der Waals surface area contributed by atoms with Gasteiger partial charge in [-0.25, -0.2) is 0 Å². The summed E-state index contributed by atoms with van der Waals surface area (Å²) < 4.78 is 0. The van der Waals surface area contributed by atoms with Gasteiger partial charge in [0, 0.05) is 18.4 Å². The highest BCUT2D eigenvalue weighted by Crippen LogP contribution is 2.11. The SMILES string of the molecule is C=CN1C=CN(C(C)CC)C1.Cl. The van der Waals surface area contributed by atoms with Gasteiger partial charge in [0.2, 0.25) is 0 Å². The van der Waals surface area contributed by atoms with Crippen LogP contribution in [0.3, 0.4) is 0 Å². The van der Waals surface area contributed by atoms with E-state index >= 15 is 0 Å². The quantitative estimate of drug-likeness (QED) is 0.671. The van der Waals surface area contributed by atoms with Crippen LogP contribution in [0.15, 0.2) is 25.2 Å². The van der Waals surface area contributed by atoms with Crippen LogP contribution >= 0.6 is 12.4 Å². The molecule has 1 aliphatic rings. The van der Waals surface area contributed by atoms with E-state index in [1.54, 1.807) is 0 Å². The maximum atomic E-state index is 3.71. The van der Waals surface area contributed by atoms with Crippen LogP contribution in [0.2, 0.25) is 0 Å². The summed E-state index contributed by atoms with van der Waals surface area (Å²) in [4.78, 5) is 4.38. The van der Waals surface area contributed by atoms with Crippen molar-refractivity contribution in [2.45, 2.75) is 26.3 Å². The minimum absolute atomic E-state index is 0. The molecule has 1 heterocycles. The molecule has 0 aliphatic carbocycles. The molecule has 12 heavy (non-hydrogen) atoms. The van der Waals surface area contributed by atoms with Gasteiger partial charge in [0.05, 0.1) is 6.67 Å². The molecule has 70 valence electrons. The van der Waals surface area contributed by atoms with E-state index in [1.807, 2.05) is 6.20 Å². The van der Waals surface area contributed by atoms with Gasteiger partial charge in [0.25, 0.3) is 0 Å². The van der Waals surface area contributed by atoms with Crippen molar-refractivity contribution in [2.75, 3.05) is 6.67 Å². The fraction of sp³-hybridized carbons (Fsp3) is 0.556. The zero-order chi connectivity index (χ0) is 8.27. The highest BCUT2D eigenvalue weighted by molar-refractivity contribution is 5.85. The summed E-state index contributed by atoms with van der Waals surface area (Å²) in [5.74, 6) is 0. The van der Waals surface area contributed by atoms with Crippen molar-refractivity contribution in [3.05, 3.63) is 25.2 Å². The molecule has 0 aromatic carbocycles. The second-order valence-corrected chi connectivity index (χ2v) is 2.91. The first-order valence-electron chi connectivity index (χ1n) is 4.10. The van der Waals surface area contributed by atoms with Crippen molar-refractivity contribution in [3.63, 3.8) is 0 Å². The number of hydrogen-bond donors (Lipinski definition) is 0. The van der Waals surface area contributed by atoms with Gasteiger partial charge in [-0.15, -0.1) is 12.4 Å². The Morgan fingerprint density at radius 2 is 2.25 bits per heavy atom. The Kier molecular flexibility index (Phi) is 4.83. The Labute approximate surface area is 80.9 Å². The van der Waals surface area contributed by atoms with E-state index in [2.05, 4.69) is 42.6 Å². The molecule has 0 spiro atoms. The van der Waals surface area contributed by atoms with E-state index in [-0.39, 0.29) is 12.4 Å². The average molecular weight is 189 g/mol. The largest absolute Gasteiger partial charge is 0.356 e. The second-order valence-electron chi connectivity index (χ2n) is 2.91. The van der Waals surface area contributed by atoms with Crippen LogP contribution in [-0.4, -0.2) is 22.5 Å². The van der Waals surface area contributed by atoms with Gasteiger partial charge in [0.1, 0.15) is 0 Å². The summed E-state index contributed by atoms with van der Waals surface area (Å²) in [6.07, 6.45) is 7.21. The number of rotatable bonds is 3. The Balaban J connectivity index is 0.00000121. The molecule has 0 saturated heterocycles. The molecule has 1 atom stereocenters. The number of halogens is 1. The van der Waals surface area contributed by atoms with Crippen LogP contribution in [-0.2, 0) is 0 Å². The van der Waals surface area contributed by atoms with Gasteiger partial charge in [-0.2, -0.15) is 0 Å². The molecule has 0 aromatic heterocycles. The summed E-state index contributed by atoms with van der Waals surface area (Å²) in [5.41, 5.74) is 0. The highest BCUT2D eigenvalue weighted by atomic mass is 35.5. The summed E-state index contributed by atoms with van der Waals surface area (Å²) >= 11 is 0. The van der Waals surface area contributed by atoms with Crippen LogP contribution in [0, 0.1) is 0 Å². The lowest BCUT2D eigenvalue weighted by molar-refractivity contribution is 0.249. The number of hydrogen-bond acceptors (Lipinski definition) is 2. The molecule has 1 unspecified atom stereocenters. The molecule has 2 nitrogen and oxygen atoms in total. The molecule has 1 aliphatic heterocycles.